The molecule has 4 N–H and O–H groups in total. The van der Waals surface area contributed by atoms with Crippen molar-refractivity contribution in [2.45, 2.75) is 32.7 Å². The number of nitrogens with zero attached hydrogens (tertiary/aromatic N) is 3. The van der Waals surface area contributed by atoms with E-state index in [0.717, 1.165) is 40.0 Å². The molecule has 2 aliphatic rings. The zero-order valence-corrected chi connectivity index (χ0v) is 22.8. The van der Waals surface area contributed by atoms with Crippen molar-refractivity contribution < 1.29 is 19.5 Å². The molecule has 0 radical (unpaired) electrons. The summed E-state index contributed by atoms with van der Waals surface area (Å²) in [5.41, 5.74) is 7.37. The van der Waals surface area contributed by atoms with Crippen LogP contribution < -0.4 is 10.6 Å². The van der Waals surface area contributed by atoms with Crippen molar-refractivity contribution in [3.05, 3.63) is 89.0 Å². The van der Waals surface area contributed by atoms with Gasteiger partial charge in [0.25, 0.3) is 11.8 Å². The highest BCUT2D eigenvalue weighted by atomic mass is 16.4. The van der Waals surface area contributed by atoms with Gasteiger partial charge in [0, 0.05) is 53.5 Å². The number of anilines is 1. The maximum Gasteiger partial charge on any atom is 0.407 e. The number of hydrogen-bond acceptors (Lipinski definition) is 4. The van der Waals surface area contributed by atoms with Crippen molar-refractivity contribution in [3.8, 4) is 16.8 Å². The summed E-state index contributed by atoms with van der Waals surface area (Å²) in [6.45, 7) is 4.41. The fourth-order valence-electron chi connectivity index (χ4n) is 5.63. The van der Waals surface area contributed by atoms with Crippen LogP contribution in [-0.4, -0.2) is 61.8 Å². The number of fused-ring (bicyclic) bond motifs is 1. The number of para-hydroxylation sites is 1. The van der Waals surface area contributed by atoms with E-state index in [-0.39, 0.29) is 24.4 Å². The minimum Gasteiger partial charge on any atom is -0.465 e. The van der Waals surface area contributed by atoms with Gasteiger partial charge in [-0.1, -0.05) is 24.3 Å². The molecule has 41 heavy (non-hydrogen) atoms. The molecule has 6 rings (SSSR count). The Morgan fingerprint density at radius 1 is 1.12 bits per heavy atom. The molecule has 1 fully saturated rings. The van der Waals surface area contributed by atoms with Crippen LogP contribution >= 0.6 is 0 Å². The number of piperidine rings is 1. The zero-order chi connectivity index (χ0) is 28.7. The van der Waals surface area contributed by atoms with Gasteiger partial charge in [0.05, 0.1) is 23.0 Å². The van der Waals surface area contributed by atoms with Crippen LogP contribution in [0.25, 0.3) is 28.5 Å². The number of carboxylic acid groups (broad SMARTS) is 1. The van der Waals surface area contributed by atoms with Gasteiger partial charge in [0.1, 0.15) is 0 Å². The lowest BCUT2D eigenvalue weighted by Gasteiger charge is -2.31. The topological polar surface area (TPSA) is 132 Å². The molecule has 2 aromatic heterocycles. The normalized spacial score (nSPS) is 17.4. The molecular formula is C31H30N6O4. The maximum atomic E-state index is 13.2. The minimum atomic E-state index is -0.977. The van der Waals surface area contributed by atoms with Crippen LogP contribution in [0.1, 0.15) is 45.7 Å². The maximum absolute atomic E-state index is 13.2. The first kappa shape index (κ1) is 26.1. The van der Waals surface area contributed by atoms with E-state index in [1.807, 2.05) is 73.3 Å². The van der Waals surface area contributed by atoms with Crippen molar-refractivity contribution in [2.75, 3.05) is 18.4 Å². The third kappa shape index (κ3) is 5.00. The first-order valence-corrected chi connectivity index (χ1v) is 13.5. The fourth-order valence-corrected chi connectivity index (χ4v) is 5.63. The Kier molecular flexibility index (Phi) is 6.66. The summed E-state index contributed by atoms with van der Waals surface area (Å²) < 4.78 is 1.81. The van der Waals surface area contributed by atoms with Gasteiger partial charge in [-0.05, 0) is 68.2 Å². The van der Waals surface area contributed by atoms with Crippen LogP contribution in [0.5, 0.6) is 0 Å². The van der Waals surface area contributed by atoms with E-state index in [1.165, 1.54) is 4.90 Å². The van der Waals surface area contributed by atoms with Gasteiger partial charge in [0.2, 0.25) is 0 Å². The van der Waals surface area contributed by atoms with Crippen molar-refractivity contribution >= 4 is 35.2 Å². The molecule has 1 saturated heterocycles. The van der Waals surface area contributed by atoms with Crippen molar-refractivity contribution in [2.24, 2.45) is 0 Å². The minimum absolute atomic E-state index is 0.217. The molecule has 1 atom stereocenters. The van der Waals surface area contributed by atoms with Crippen LogP contribution in [0.15, 0.2) is 60.9 Å². The van der Waals surface area contributed by atoms with Gasteiger partial charge < -0.3 is 25.6 Å². The molecule has 4 heterocycles. The Bertz CT molecular complexity index is 1700. The lowest BCUT2D eigenvalue weighted by atomic mass is 9.99. The Hall–Kier alpha value is -5.12. The number of carbonyl (C=O) groups is 3. The number of H-pyrrole nitrogens is 1. The molecule has 0 aliphatic carbocycles. The number of amides is 3. The molecule has 2 aliphatic heterocycles. The third-order valence-electron chi connectivity index (χ3n) is 7.76. The van der Waals surface area contributed by atoms with Crippen molar-refractivity contribution in [1.29, 1.82) is 0 Å². The van der Waals surface area contributed by atoms with Crippen LogP contribution in [0.2, 0.25) is 0 Å². The molecule has 0 saturated carbocycles. The smallest absolute Gasteiger partial charge is 0.407 e. The lowest BCUT2D eigenvalue weighted by Crippen LogP contribution is -2.49. The largest absolute Gasteiger partial charge is 0.465 e. The molecule has 2 aromatic carbocycles. The number of aryl methyl sites for hydroxylation is 1. The van der Waals surface area contributed by atoms with E-state index in [9.17, 15) is 19.5 Å². The predicted octanol–water partition coefficient (Wildman–Crippen LogP) is 4.85. The molecule has 0 spiro atoms. The highest BCUT2D eigenvalue weighted by Crippen LogP contribution is 2.37. The predicted molar refractivity (Wildman–Crippen MR) is 156 cm³/mol. The number of aromatic nitrogens is 3. The first-order valence-electron chi connectivity index (χ1n) is 13.5. The van der Waals surface area contributed by atoms with Gasteiger partial charge in [0.15, 0.2) is 0 Å². The summed E-state index contributed by atoms with van der Waals surface area (Å²) in [5, 5.41) is 19.8. The summed E-state index contributed by atoms with van der Waals surface area (Å²) in [6.07, 6.45) is 5.98. The summed E-state index contributed by atoms with van der Waals surface area (Å²) in [4.78, 5) is 42.2. The van der Waals surface area contributed by atoms with Gasteiger partial charge in [-0.2, -0.15) is 5.10 Å². The number of carbonyl (C=O) groups excluding carboxylic acids is 2. The second-order valence-electron chi connectivity index (χ2n) is 10.5. The number of rotatable bonds is 5. The average Bonchev–Trinajstić information content (AvgIpc) is 3.65. The highest BCUT2D eigenvalue weighted by Gasteiger charge is 2.28. The average molecular weight is 551 g/mol. The number of benzene rings is 2. The standard InChI is InChI=1S/C31H30N6O4/c1-18-27(33-19(2)28(18)30(39)34-22-7-6-12-36(17-22)31(40)41)14-25-24-13-20(10-11-26(24)35-29(25)38)21-15-32-37(16-21)23-8-4-3-5-9-23/h3-5,8-11,13-16,22,33H,6-7,12,17H2,1-2H3,(H,34,39)(H,35,38)(H,40,41)/b25-14-/t22-/m0/s1. The van der Waals surface area contributed by atoms with Gasteiger partial charge in [-0.3, -0.25) is 9.59 Å². The number of likely N-dealkylation sites (tertiary alicyclic amines) is 1. The quantitative estimate of drug-likeness (QED) is 0.264. The monoisotopic (exact) mass is 550 g/mol. The van der Waals surface area contributed by atoms with E-state index < -0.39 is 6.09 Å². The van der Waals surface area contributed by atoms with Crippen molar-refractivity contribution in [1.82, 2.24) is 25.0 Å². The SMILES string of the molecule is Cc1[nH]c(/C=C2\C(=O)Nc3ccc(-c4cnn(-c5ccccc5)c4)cc32)c(C)c1C(=O)N[C@H]1CCCN(C(=O)O)C1. The molecule has 10 nitrogen and oxygen atoms in total. The van der Waals surface area contributed by atoms with Crippen LogP contribution in [0, 0.1) is 13.8 Å². The van der Waals surface area contributed by atoms with Crippen molar-refractivity contribution in [3.63, 3.8) is 0 Å². The number of hydrogen-bond donors (Lipinski definition) is 4. The lowest BCUT2D eigenvalue weighted by molar-refractivity contribution is -0.110. The van der Waals surface area contributed by atoms with Gasteiger partial charge in [-0.15, -0.1) is 0 Å². The van der Waals surface area contributed by atoms with Crippen LogP contribution in [0.3, 0.4) is 0 Å². The Morgan fingerprint density at radius 2 is 1.93 bits per heavy atom. The van der Waals surface area contributed by atoms with Crippen LogP contribution in [0.4, 0.5) is 10.5 Å². The summed E-state index contributed by atoms with van der Waals surface area (Å²) in [5.74, 6) is -0.474. The van der Waals surface area contributed by atoms with Gasteiger partial charge >= 0.3 is 6.09 Å². The van der Waals surface area contributed by atoms with Gasteiger partial charge in [-0.25, -0.2) is 9.48 Å². The molecule has 10 heteroatoms. The number of aromatic amines is 1. The third-order valence-corrected chi connectivity index (χ3v) is 7.76. The Labute approximate surface area is 236 Å². The first-order chi connectivity index (χ1) is 19.8. The zero-order valence-electron chi connectivity index (χ0n) is 22.8. The summed E-state index contributed by atoms with van der Waals surface area (Å²) >= 11 is 0. The Morgan fingerprint density at radius 3 is 2.71 bits per heavy atom. The molecule has 3 amide bonds. The van der Waals surface area contributed by atoms with E-state index >= 15 is 0 Å². The molecule has 0 bridgehead atoms. The van der Waals surface area contributed by atoms with E-state index in [0.29, 0.717) is 35.5 Å². The summed E-state index contributed by atoms with van der Waals surface area (Å²) in [6, 6.07) is 15.4. The van der Waals surface area contributed by atoms with E-state index in [4.69, 9.17) is 0 Å². The van der Waals surface area contributed by atoms with Crippen LogP contribution in [-0.2, 0) is 4.79 Å². The summed E-state index contributed by atoms with van der Waals surface area (Å²) in [7, 11) is 0. The van der Waals surface area contributed by atoms with E-state index in [2.05, 4.69) is 20.7 Å². The molecular weight excluding hydrogens is 520 g/mol. The fraction of sp³-hybridized carbons (Fsp3) is 0.226. The second-order valence-corrected chi connectivity index (χ2v) is 10.5. The van der Waals surface area contributed by atoms with E-state index in [1.54, 1.807) is 12.3 Å². The highest BCUT2D eigenvalue weighted by molar-refractivity contribution is 6.35. The number of nitrogens with one attached hydrogen (secondary N) is 3. The molecule has 0 unspecified atom stereocenters. The second kappa shape index (κ2) is 10.5. The Balaban J connectivity index is 1.27. The molecule has 208 valence electrons. The molecule has 4 aromatic rings.